The third kappa shape index (κ3) is 9.92. The summed E-state index contributed by atoms with van der Waals surface area (Å²) >= 11 is 0. The van der Waals surface area contributed by atoms with Crippen LogP contribution in [-0.4, -0.2) is 58.2 Å². The third-order valence-electron chi connectivity index (χ3n) is 3.43. The molecule has 1 aromatic rings. The van der Waals surface area contributed by atoms with Crippen molar-refractivity contribution in [3.05, 3.63) is 35.9 Å². The smallest absolute Gasteiger partial charge is 0.190 e. The van der Waals surface area contributed by atoms with E-state index in [4.69, 9.17) is 4.74 Å². The molecule has 1 rings (SSSR count). The molecule has 1 aromatic carbocycles. The second kappa shape index (κ2) is 11.9. The van der Waals surface area contributed by atoms with Crippen molar-refractivity contribution >= 4 is 5.96 Å². The Morgan fingerprint density at radius 1 is 1.22 bits per heavy atom. The van der Waals surface area contributed by atoms with Gasteiger partial charge in [0.15, 0.2) is 5.96 Å². The van der Waals surface area contributed by atoms with E-state index < -0.39 is 0 Å². The van der Waals surface area contributed by atoms with Gasteiger partial charge in [0.25, 0.3) is 0 Å². The second-order valence-corrected chi connectivity index (χ2v) is 6.14. The molecule has 0 heterocycles. The number of hydrogen-bond acceptors (Lipinski definition) is 3. The molecule has 0 amide bonds. The highest BCUT2D eigenvalue weighted by Gasteiger charge is 2.04. The number of aliphatic imine (C=N–C) groups is 1. The Labute approximate surface area is 141 Å². The molecule has 23 heavy (non-hydrogen) atoms. The van der Waals surface area contributed by atoms with Crippen LogP contribution < -0.4 is 10.6 Å². The maximum atomic E-state index is 5.77. The van der Waals surface area contributed by atoms with Crippen molar-refractivity contribution in [2.45, 2.75) is 20.0 Å². The first-order valence-corrected chi connectivity index (χ1v) is 8.32. The predicted molar refractivity (Wildman–Crippen MR) is 97.8 cm³/mol. The maximum Gasteiger partial charge on any atom is 0.190 e. The summed E-state index contributed by atoms with van der Waals surface area (Å²) in [5.74, 6) is 1.29. The van der Waals surface area contributed by atoms with E-state index >= 15 is 0 Å². The molecule has 0 radical (unpaired) electrons. The summed E-state index contributed by atoms with van der Waals surface area (Å²) in [6, 6.07) is 10.3. The Hall–Kier alpha value is -1.59. The third-order valence-corrected chi connectivity index (χ3v) is 3.43. The van der Waals surface area contributed by atoms with Gasteiger partial charge in [-0.25, -0.2) is 0 Å². The number of nitrogens with zero attached hydrogens (tertiary/aromatic N) is 2. The molecule has 5 heteroatoms. The van der Waals surface area contributed by atoms with Gasteiger partial charge < -0.3 is 20.3 Å². The van der Waals surface area contributed by atoms with Crippen LogP contribution in [0.25, 0.3) is 0 Å². The second-order valence-electron chi connectivity index (χ2n) is 6.14. The van der Waals surface area contributed by atoms with Crippen LogP contribution in [0.2, 0.25) is 0 Å². The molecule has 0 aliphatic carbocycles. The van der Waals surface area contributed by atoms with E-state index in [2.05, 4.69) is 53.7 Å². The van der Waals surface area contributed by atoms with Gasteiger partial charge in [-0.2, -0.15) is 0 Å². The van der Waals surface area contributed by atoms with Gasteiger partial charge >= 0.3 is 0 Å². The van der Waals surface area contributed by atoms with Gasteiger partial charge in [0.1, 0.15) is 0 Å². The Morgan fingerprint density at radius 2 is 1.96 bits per heavy atom. The molecule has 0 bridgehead atoms. The van der Waals surface area contributed by atoms with Crippen molar-refractivity contribution in [3.8, 4) is 0 Å². The van der Waals surface area contributed by atoms with E-state index in [-0.39, 0.29) is 0 Å². The lowest BCUT2D eigenvalue weighted by molar-refractivity contribution is 0.0931. The molecule has 0 aliphatic rings. The minimum absolute atomic E-state index is 0.430. The van der Waals surface area contributed by atoms with Crippen LogP contribution in [0.1, 0.15) is 18.9 Å². The molecule has 0 saturated heterocycles. The van der Waals surface area contributed by atoms with Gasteiger partial charge in [-0.1, -0.05) is 37.3 Å². The van der Waals surface area contributed by atoms with Crippen molar-refractivity contribution in [2.24, 2.45) is 10.9 Å². The quantitative estimate of drug-likeness (QED) is 0.393. The van der Waals surface area contributed by atoms with Crippen LogP contribution in [0.3, 0.4) is 0 Å². The highest BCUT2D eigenvalue weighted by molar-refractivity contribution is 5.79. The van der Waals surface area contributed by atoms with Crippen LogP contribution in [0.5, 0.6) is 0 Å². The normalized spacial score (nSPS) is 13.2. The highest BCUT2D eigenvalue weighted by atomic mass is 16.5. The summed E-state index contributed by atoms with van der Waals surface area (Å²) in [7, 11) is 5.98. The Bertz CT molecular complexity index is 434. The first kappa shape index (κ1) is 19.5. The van der Waals surface area contributed by atoms with Gasteiger partial charge in [0, 0.05) is 20.1 Å². The van der Waals surface area contributed by atoms with Crippen LogP contribution in [0.4, 0.5) is 0 Å². The van der Waals surface area contributed by atoms with E-state index in [9.17, 15) is 0 Å². The fraction of sp³-hybridized carbons (Fsp3) is 0.611. The molecule has 5 nitrogen and oxygen atoms in total. The summed E-state index contributed by atoms with van der Waals surface area (Å²) in [5, 5.41) is 6.68. The lowest BCUT2D eigenvalue weighted by Gasteiger charge is -2.17. The standard InChI is InChI=1S/C18H32N4O/c1-16(14-23-15-17-9-6-5-7-10-17)13-21-18(19-2)20-11-8-12-22(3)4/h5-7,9-10,16H,8,11-15H2,1-4H3,(H2,19,20,21). The van der Waals surface area contributed by atoms with Crippen molar-refractivity contribution in [2.75, 3.05) is 47.4 Å². The van der Waals surface area contributed by atoms with E-state index in [0.717, 1.165) is 38.6 Å². The molecule has 0 aliphatic heterocycles. The van der Waals surface area contributed by atoms with E-state index in [1.165, 1.54) is 5.56 Å². The first-order chi connectivity index (χ1) is 11.1. The van der Waals surface area contributed by atoms with Crippen molar-refractivity contribution < 1.29 is 4.74 Å². The lowest BCUT2D eigenvalue weighted by Crippen LogP contribution is -2.40. The van der Waals surface area contributed by atoms with E-state index in [1.807, 2.05) is 18.2 Å². The van der Waals surface area contributed by atoms with Crippen molar-refractivity contribution in [3.63, 3.8) is 0 Å². The van der Waals surface area contributed by atoms with E-state index in [1.54, 1.807) is 7.05 Å². The topological polar surface area (TPSA) is 48.9 Å². The number of benzene rings is 1. The summed E-state index contributed by atoms with van der Waals surface area (Å²) in [4.78, 5) is 6.43. The molecule has 0 fully saturated rings. The molecular formula is C18H32N4O. The summed E-state index contributed by atoms with van der Waals surface area (Å²) in [6.07, 6.45) is 1.10. The number of ether oxygens (including phenoxy) is 1. The molecule has 2 N–H and O–H groups in total. The Balaban J connectivity index is 2.12. The monoisotopic (exact) mass is 320 g/mol. The molecule has 1 atom stereocenters. The summed E-state index contributed by atoms with van der Waals surface area (Å²) < 4.78 is 5.77. The fourth-order valence-electron chi connectivity index (χ4n) is 2.10. The molecule has 0 aromatic heterocycles. The van der Waals surface area contributed by atoms with Crippen LogP contribution in [0, 0.1) is 5.92 Å². The predicted octanol–water partition coefficient (Wildman–Crippen LogP) is 1.96. The molecule has 1 unspecified atom stereocenters. The number of hydrogen-bond donors (Lipinski definition) is 2. The lowest BCUT2D eigenvalue weighted by atomic mass is 10.2. The van der Waals surface area contributed by atoms with Gasteiger partial charge in [-0.3, -0.25) is 4.99 Å². The van der Waals surface area contributed by atoms with E-state index in [0.29, 0.717) is 12.5 Å². The van der Waals surface area contributed by atoms with Crippen LogP contribution in [0.15, 0.2) is 35.3 Å². The molecular weight excluding hydrogens is 288 g/mol. The first-order valence-electron chi connectivity index (χ1n) is 8.32. The Kier molecular flexibility index (Phi) is 10.1. The van der Waals surface area contributed by atoms with Crippen LogP contribution >= 0.6 is 0 Å². The zero-order valence-electron chi connectivity index (χ0n) is 15.0. The molecule has 0 spiro atoms. The average molecular weight is 320 g/mol. The van der Waals surface area contributed by atoms with Crippen molar-refractivity contribution in [1.82, 2.24) is 15.5 Å². The zero-order valence-corrected chi connectivity index (χ0v) is 15.0. The van der Waals surface area contributed by atoms with Crippen molar-refractivity contribution in [1.29, 1.82) is 0 Å². The number of rotatable bonds is 10. The number of nitrogens with one attached hydrogen (secondary N) is 2. The van der Waals surface area contributed by atoms with Crippen LogP contribution in [-0.2, 0) is 11.3 Å². The largest absolute Gasteiger partial charge is 0.376 e. The average Bonchev–Trinajstić information content (AvgIpc) is 2.55. The fourth-order valence-corrected chi connectivity index (χ4v) is 2.10. The number of guanidine groups is 1. The highest BCUT2D eigenvalue weighted by Crippen LogP contribution is 2.02. The summed E-state index contributed by atoms with van der Waals surface area (Å²) in [5.41, 5.74) is 1.21. The van der Waals surface area contributed by atoms with Gasteiger partial charge in [0.05, 0.1) is 13.2 Å². The zero-order chi connectivity index (χ0) is 16.9. The SMILES string of the molecule is CN=C(NCCCN(C)C)NCC(C)COCc1ccccc1. The maximum absolute atomic E-state index is 5.77. The molecule has 0 saturated carbocycles. The summed E-state index contributed by atoms with van der Waals surface area (Å²) in [6.45, 7) is 6.44. The Morgan fingerprint density at radius 3 is 2.61 bits per heavy atom. The van der Waals surface area contributed by atoms with Gasteiger partial charge in [-0.15, -0.1) is 0 Å². The van der Waals surface area contributed by atoms with Gasteiger partial charge in [0.2, 0.25) is 0 Å². The minimum atomic E-state index is 0.430. The minimum Gasteiger partial charge on any atom is -0.376 e. The van der Waals surface area contributed by atoms with Gasteiger partial charge in [-0.05, 0) is 38.5 Å². The molecule has 130 valence electrons.